The number of nitrogens with one attached hydrogen (secondary N) is 3. The summed E-state index contributed by atoms with van der Waals surface area (Å²) >= 11 is 0. The molecule has 0 spiro atoms. The zero-order valence-corrected chi connectivity index (χ0v) is 20.9. The van der Waals surface area contributed by atoms with E-state index >= 15 is 0 Å². The molecule has 2 aliphatic heterocycles. The minimum Gasteiger partial charge on any atom is -0.494 e. The van der Waals surface area contributed by atoms with Gasteiger partial charge in [-0.2, -0.15) is 0 Å². The summed E-state index contributed by atoms with van der Waals surface area (Å²) < 4.78 is 1.51. The molecule has 37 heavy (non-hydrogen) atoms. The highest BCUT2D eigenvalue weighted by Gasteiger charge is 2.30. The fourth-order valence-corrected chi connectivity index (χ4v) is 4.94. The van der Waals surface area contributed by atoms with Crippen molar-refractivity contribution in [3.8, 4) is 5.88 Å². The Labute approximate surface area is 215 Å². The average molecular weight is 505 g/mol. The third-order valence-electron chi connectivity index (χ3n) is 7.07. The number of aromatic hydroxyl groups is 1. The van der Waals surface area contributed by atoms with Crippen LogP contribution in [0, 0.1) is 0 Å². The molecule has 4 N–H and O–H groups in total. The van der Waals surface area contributed by atoms with Gasteiger partial charge in [0.25, 0.3) is 0 Å². The van der Waals surface area contributed by atoms with Crippen LogP contribution in [0.3, 0.4) is 0 Å². The largest absolute Gasteiger partial charge is 0.494 e. The quantitative estimate of drug-likeness (QED) is 0.383. The molecule has 4 amide bonds. The van der Waals surface area contributed by atoms with Gasteiger partial charge in [-0.3, -0.25) is 19.8 Å². The van der Waals surface area contributed by atoms with Crippen molar-refractivity contribution in [2.24, 2.45) is 0 Å². The van der Waals surface area contributed by atoms with E-state index in [1.807, 2.05) is 30.3 Å². The molecule has 0 radical (unpaired) electrons. The number of carbonyl (C=O) groups is 3. The Bertz CT molecular complexity index is 1330. The summed E-state index contributed by atoms with van der Waals surface area (Å²) in [4.78, 5) is 41.0. The lowest BCUT2D eigenvalue weighted by molar-refractivity contribution is -0.135. The SMILES string of the molecule is CN1CCN(Cc2cccc(NC(=O)NCc3ccc4c(O)n(C5CCC(=O)NC5=O)cc4c3)c2)CC1. The van der Waals surface area contributed by atoms with E-state index in [1.165, 1.54) is 4.57 Å². The third-order valence-corrected chi connectivity index (χ3v) is 7.07. The fraction of sp³-hybridized carbons (Fsp3) is 0.370. The molecule has 10 nitrogen and oxygen atoms in total. The molecule has 2 aromatic carbocycles. The Hall–Kier alpha value is -3.89. The number of anilines is 1. The van der Waals surface area contributed by atoms with E-state index in [2.05, 4.69) is 38.9 Å². The van der Waals surface area contributed by atoms with Crippen LogP contribution in [0.1, 0.15) is 30.0 Å². The van der Waals surface area contributed by atoms with Crippen molar-refractivity contribution in [1.29, 1.82) is 0 Å². The first-order chi connectivity index (χ1) is 17.9. The van der Waals surface area contributed by atoms with Gasteiger partial charge in [0.2, 0.25) is 11.8 Å². The van der Waals surface area contributed by atoms with Crippen LogP contribution in [-0.2, 0) is 22.7 Å². The number of amides is 4. The Morgan fingerprint density at radius 1 is 1.08 bits per heavy atom. The van der Waals surface area contributed by atoms with E-state index in [0.717, 1.165) is 54.9 Å². The number of hydrogen-bond donors (Lipinski definition) is 4. The third kappa shape index (κ3) is 5.76. The lowest BCUT2D eigenvalue weighted by Gasteiger charge is -2.32. The molecule has 10 heteroatoms. The van der Waals surface area contributed by atoms with Crippen LogP contribution < -0.4 is 16.0 Å². The number of aromatic nitrogens is 1. The number of rotatable bonds is 6. The number of imide groups is 1. The maximum Gasteiger partial charge on any atom is 0.319 e. The van der Waals surface area contributed by atoms with Crippen molar-refractivity contribution in [2.75, 3.05) is 38.5 Å². The van der Waals surface area contributed by atoms with Crippen LogP contribution in [-0.4, -0.2) is 70.5 Å². The Kier molecular flexibility index (Phi) is 7.11. The molecule has 3 heterocycles. The van der Waals surface area contributed by atoms with Crippen molar-refractivity contribution in [1.82, 2.24) is 25.0 Å². The molecule has 2 aliphatic rings. The van der Waals surface area contributed by atoms with E-state index < -0.39 is 11.9 Å². The average Bonchev–Trinajstić information content (AvgIpc) is 3.20. The van der Waals surface area contributed by atoms with E-state index in [-0.39, 0.29) is 24.2 Å². The van der Waals surface area contributed by atoms with E-state index in [9.17, 15) is 19.5 Å². The molecule has 3 aromatic rings. The summed E-state index contributed by atoms with van der Waals surface area (Å²) in [6.07, 6.45) is 2.28. The first-order valence-corrected chi connectivity index (χ1v) is 12.6. The maximum atomic E-state index is 12.6. The maximum absolute atomic E-state index is 12.6. The molecule has 1 atom stereocenters. The summed E-state index contributed by atoms with van der Waals surface area (Å²) in [7, 11) is 2.14. The van der Waals surface area contributed by atoms with E-state index in [1.54, 1.807) is 12.3 Å². The first kappa shape index (κ1) is 24.8. The summed E-state index contributed by atoms with van der Waals surface area (Å²) in [5.74, 6) is -0.734. The van der Waals surface area contributed by atoms with E-state index in [4.69, 9.17) is 0 Å². The van der Waals surface area contributed by atoms with Gasteiger partial charge in [0, 0.05) is 68.3 Å². The number of likely N-dealkylation sites (N-methyl/N-ethyl adjacent to an activating group) is 1. The molecule has 2 saturated heterocycles. The van der Waals surface area contributed by atoms with Gasteiger partial charge in [-0.25, -0.2) is 4.79 Å². The van der Waals surface area contributed by atoms with Crippen molar-refractivity contribution < 1.29 is 19.5 Å². The number of fused-ring (bicyclic) bond motifs is 1. The van der Waals surface area contributed by atoms with Crippen molar-refractivity contribution in [2.45, 2.75) is 32.0 Å². The van der Waals surface area contributed by atoms with Crippen molar-refractivity contribution in [3.05, 3.63) is 59.8 Å². The van der Waals surface area contributed by atoms with Gasteiger partial charge in [0.1, 0.15) is 6.04 Å². The molecule has 2 fully saturated rings. The Morgan fingerprint density at radius 3 is 2.68 bits per heavy atom. The number of nitrogens with zero attached hydrogens (tertiary/aromatic N) is 3. The van der Waals surface area contributed by atoms with Crippen LogP contribution in [0.15, 0.2) is 48.7 Å². The first-order valence-electron chi connectivity index (χ1n) is 12.6. The van der Waals surface area contributed by atoms with Crippen LogP contribution in [0.5, 0.6) is 5.88 Å². The van der Waals surface area contributed by atoms with Gasteiger partial charge >= 0.3 is 6.03 Å². The summed E-state index contributed by atoms with van der Waals surface area (Å²) in [5, 5.41) is 20.1. The lowest BCUT2D eigenvalue weighted by atomic mass is 10.1. The molecule has 0 saturated carbocycles. The normalized spacial score (nSPS) is 19.1. The molecular formula is C27H32N6O4. The Morgan fingerprint density at radius 2 is 1.89 bits per heavy atom. The molecule has 5 rings (SSSR count). The monoisotopic (exact) mass is 504 g/mol. The Balaban J connectivity index is 1.18. The molecule has 0 bridgehead atoms. The smallest absolute Gasteiger partial charge is 0.319 e. The number of hydrogen-bond acceptors (Lipinski definition) is 6. The van der Waals surface area contributed by atoms with Gasteiger partial charge in [0.15, 0.2) is 5.88 Å². The summed E-state index contributed by atoms with van der Waals surface area (Å²) in [5.41, 5.74) is 2.76. The topological polar surface area (TPSA) is 119 Å². The standard InChI is InChI=1S/C27H32N6O4/c1-31-9-11-32(12-10-31)16-19-3-2-4-21(14-19)29-27(37)28-15-18-5-6-22-20(13-18)17-33(26(22)36)23-7-8-24(34)30-25(23)35/h2-6,13-14,17,23,36H,7-12,15-16H2,1H3,(H2,28,29,37)(H,30,34,35). The second-order valence-electron chi connectivity index (χ2n) is 9.84. The van der Waals surface area contributed by atoms with Crippen molar-refractivity contribution in [3.63, 3.8) is 0 Å². The van der Waals surface area contributed by atoms with Gasteiger partial charge in [0.05, 0.1) is 0 Å². The minimum atomic E-state index is -0.635. The highest BCUT2D eigenvalue weighted by molar-refractivity contribution is 6.00. The van der Waals surface area contributed by atoms with Gasteiger partial charge < -0.3 is 25.2 Å². The molecular weight excluding hydrogens is 472 g/mol. The van der Waals surface area contributed by atoms with Gasteiger partial charge in [-0.15, -0.1) is 0 Å². The zero-order chi connectivity index (χ0) is 25.9. The lowest BCUT2D eigenvalue weighted by Crippen LogP contribution is -2.43. The molecule has 1 unspecified atom stereocenters. The molecule has 1 aromatic heterocycles. The van der Waals surface area contributed by atoms with E-state index in [0.29, 0.717) is 18.4 Å². The highest BCUT2D eigenvalue weighted by atomic mass is 16.3. The van der Waals surface area contributed by atoms with Crippen LogP contribution >= 0.6 is 0 Å². The van der Waals surface area contributed by atoms with Crippen molar-refractivity contribution >= 4 is 34.3 Å². The molecule has 194 valence electrons. The number of urea groups is 1. The molecule has 0 aliphatic carbocycles. The van der Waals surface area contributed by atoms with Gasteiger partial charge in [-0.05, 0) is 48.9 Å². The number of piperidine rings is 1. The highest BCUT2D eigenvalue weighted by Crippen LogP contribution is 2.33. The van der Waals surface area contributed by atoms with Crippen LogP contribution in [0.25, 0.3) is 10.8 Å². The predicted molar refractivity (Wildman–Crippen MR) is 140 cm³/mol. The van der Waals surface area contributed by atoms with Crippen LogP contribution in [0.2, 0.25) is 0 Å². The fourth-order valence-electron chi connectivity index (χ4n) is 4.94. The minimum absolute atomic E-state index is 0.0155. The van der Waals surface area contributed by atoms with Crippen LogP contribution in [0.4, 0.5) is 10.5 Å². The second-order valence-corrected chi connectivity index (χ2v) is 9.84. The van der Waals surface area contributed by atoms with Gasteiger partial charge in [-0.1, -0.05) is 18.2 Å². The summed E-state index contributed by atoms with van der Waals surface area (Å²) in [6, 6.07) is 12.4. The second kappa shape index (κ2) is 10.6. The number of carbonyl (C=O) groups excluding carboxylic acids is 3. The number of piperazine rings is 1. The zero-order valence-electron chi connectivity index (χ0n) is 20.9. The summed E-state index contributed by atoms with van der Waals surface area (Å²) in [6.45, 7) is 5.35. The predicted octanol–water partition coefficient (Wildman–Crippen LogP) is 2.39. The number of benzene rings is 2.